The van der Waals surface area contributed by atoms with Crippen molar-refractivity contribution in [3.63, 3.8) is 0 Å². The number of hydrogen-bond donors (Lipinski definition) is 0. The molecule has 0 saturated heterocycles. The van der Waals surface area contributed by atoms with Gasteiger partial charge in [-0.25, -0.2) is 43.9 Å². The van der Waals surface area contributed by atoms with Gasteiger partial charge in [0.2, 0.25) is 0 Å². The normalized spacial score (nSPS) is 10.7. The third kappa shape index (κ3) is 47.9. The van der Waals surface area contributed by atoms with E-state index < -0.39 is 63.1 Å². The van der Waals surface area contributed by atoms with E-state index in [1.165, 1.54) is 96.4 Å². The molecule has 1 atom stereocenters. The van der Waals surface area contributed by atoms with Gasteiger partial charge in [-0.3, -0.25) is 10.1 Å². The molecule has 101 heavy (non-hydrogen) atoms. The highest BCUT2D eigenvalue weighted by molar-refractivity contribution is 8.78. The number of nitro benzene ring substituents is 1. The maximum atomic E-state index is 12.8. The minimum absolute atomic E-state index is 0.139. The summed E-state index contributed by atoms with van der Waals surface area (Å²) in [5, 5.41) is 13.6. The summed E-state index contributed by atoms with van der Waals surface area (Å²) in [4.78, 5) is 17.0. The molecule has 0 fully saturated rings. The van der Waals surface area contributed by atoms with E-state index in [4.69, 9.17) is 23.2 Å². The zero-order valence-corrected chi connectivity index (χ0v) is 71.4. The van der Waals surface area contributed by atoms with Crippen molar-refractivity contribution in [3.8, 4) is 0 Å². The lowest BCUT2D eigenvalue weighted by Gasteiger charge is -2.06. The molecule has 31 heteroatoms. The lowest BCUT2D eigenvalue weighted by Crippen LogP contribution is -1.89. The van der Waals surface area contributed by atoms with Crippen molar-refractivity contribution in [2.24, 2.45) is 0 Å². The Morgan fingerprint density at radius 3 is 1.05 bits per heavy atom. The average molecular weight is 1740 g/mol. The van der Waals surface area contributed by atoms with Crippen molar-refractivity contribution in [2.45, 2.75) is 150 Å². The minimum Gasteiger partial charge on any atom is -0.258 e. The van der Waals surface area contributed by atoms with Gasteiger partial charge in [-0.2, -0.15) is 0 Å². The van der Waals surface area contributed by atoms with E-state index in [-0.39, 0.29) is 5.69 Å². The average Bonchev–Trinajstić information content (AvgIpc) is 0.968. The highest BCUT2D eigenvalue weighted by Gasteiger charge is 2.10. The third-order valence-electron chi connectivity index (χ3n) is 10.6. The lowest BCUT2D eigenvalue weighted by atomic mass is 10.3. The Labute approximate surface area is 664 Å². The van der Waals surface area contributed by atoms with Gasteiger partial charge in [0.1, 0.15) is 0 Å². The van der Waals surface area contributed by atoms with Crippen LogP contribution >= 0.6 is 196 Å². The second kappa shape index (κ2) is 60.5. The second-order valence-electron chi connectivity index (χ2n) is 19.7. The van der Waals surface area contributed by atoms with Crippen molar-refractivity contribution >= 4 is 202 Å². The summed E-state index contributed by atoms with van der Waals surface area (Å²) in [5.41, 5.74) is 0.139. The van der Waals surface area contributed by atoms with Gasteiger partial charge in [0.15, 0.2) is 58.2 Å². The molecule has 556 valence electrons. The maximum Gasteiger partial charge on any atom is 0.269 e. The summed E-state index contributed by atoms with van der Waals surface area (Å²) in [6, 6.07) is 42.2. The van der Waals surface area contributed by atoms with Crippen LogP contribution in [0.1, 0.15) is 94.9 Å². The Hall–Kier alpha value is -1.36. The van der Waals surface area contributed by atoms with Crippen LogP contribution in [-0.2, 0) is 0 Å². The molecule has 0 aliphatic carbocycles. The zero-order chi connectivity index (χ0) is 75.5. The van der Waals surface area contributed by atoms with E-state index in [2.05, 4.69) is 62.3 Å². The van der Waals surface area contributed by atoms with Gasteiger partial charge >= 0.3 is 0 Å². The first-order valence-corrected chi connectivity index (χ1v) is 49.8. The van der Waals surface area contributed by atoms with Crippen molar-refractivity contribution in [1.82, 2.24) is 0 Å². The molecule has 0 amide bonds. The molecule has 8 aromatic carbocycles. The van der Waals surface area contributed by atoms with E-state index in [0.717, 1.165) is 128 Å². The number of nitro groups is 1. The first-order chi connectivity index (χ1) is 48.2. The fraction of sp³-hybridized carbons (Fsp3) is 0.314. The summed E-state index contributed by atoms with van der Waals surface area (Å²) in [6.45, 7) is 21.0. The van der Waals surface area contributed by atoms with E-state index in [1.807, 2.05) is 83.3 Å². The van der Waals surface area contributed by atoms with Gasteiger partial charge in [0.05, 0.1) is 15.0 Å². The Kier molecular flexibility index (Phi) is 58.5. The fourth-order valence-corrected chi connectivity index (χ4v) is 21.4. The topological polar surface area (TPSA) is 43.1 Å². The van der Waals surface area contributed by atoms with Gasteiger partial charge in [-0.1, -0.05) is 296 Å². The molecule has 0 aliphatic heterocycles. The fourth-order valence-electron chi connectivity index (χ4n) is 5.65. The molecule has 3 nitrogen and oxygen atoms in total. The van der Waals surface area contributed by atoms with Crippen LogP contribution in [0.2, 0.25) is 10.0 Å². The van der Waals surface area contributed by atoms with Crippen LogP contribution in [0.3, 0.4) is 0 Å². The molecule has 0 heterocycles. The van der Waals surface area contributed by atoms with Crippen LogP contribution in [0.5, 0.6) is 0 Å². The van der Waals surface area contributed by atoms with Crippen LogP contribution in [0.25, 0.3) is 0 Å². The van der Waals surface area contributed by atoms with Crippen molar-refractivity contribution in [3.05, 3.63) is 242 Å². The van der Waals surface area contributed by atoms with Crippen molar-refractivity contribution in [1.29, 1.82) is 0 Å². The standard InChI is InChI=1S/2C10H12F2S2.C9H11ClS2.2C9H10F2S2.C8H9ClS2.C8H8F2S2.C7H7NO2S2/c1-3-7(2)13-14-8-4-5-9(11)10(12)6-8;1-2-3-6-13-14-8-4-5-9(11)10(12)7-8;1-7(2)11-12-9-6-4-3-5-8(9)10;1-6(2)12-13-7-3-4-8(10)9(11)5-7;1-2-5-12-13-7-3-4-8(10)9(11)6-7;1-2-10-11-8-6-4-3-5-7(8)9;1-2-11-12-6-3-4-7(9)8(10)5-6;1-11-12-7-4-2-6(3-5-7)8(9)10/h4-7H,3H2,1-2H3;4-5,7H,2-3,6H2,1H3;3-7H,1-2H3;3-6H,1-2H3;3-4,6H,2,5H2,1H3;3-6H,2H2,1H3;3-5H,2H2,1H3;2-5H,1H3. The van der Waals surface area contributed by atoms with Crippen LogP contribution in [0.4, 0.5) is 49.6 Å². The molecule has 0 spiro atoms. The van der Waals surface area contributed by atoms with E-state index in [0.29, 0.717) is 15.7 Å². The predicted octanol–water partition coefficient (Wildman–Crippen LogP) is 32.5. The molecule has 8 rings (SSSR count). The third-order valence-corrected chi connectivity index (χ3v) is 32.2. The first-order valence-electron chi connectivity index (χ1n) is 30.6. The van der Waals surface area contributed by atoms with E-state index >= 15 is 0 Å². The van der Waals surface area contributed by atoms with Gasteiger partial charge in [-0.15, -0.1) is 0 Å². The second-order valence-corrected chi connectivity index (χ2v) is 41.7. The summed E-state index contributed by atoms with van der Waals surface area (Å²) < 4.78 is 126. The number of halogens is 12. The summed E-state index contributed by atoms with van der Waals surface area (Å²) in [6.07, 6.45) is 6.43. The first kappa shape index (κ1) is 97.7. The summed E-state index contributed by atoms with van der Waals surface area (Å²) in [7, 11) is 25.9. The molecule has 0 aromatic heterocycles. The molecule has 8 aromatic rings. The van der Waals surface area contributed by atoms with E-state index in [9.17, 15) is 54.0 Å². The zero-order valence-electron chi connectivity index (χ0n) is 56.8. The number of nitrogens with zero attached hydrogens (tertiary/aromatic N) is 1. The van der Waals surface area contributed by atoms with Crippen molar-refractivity contribution < 1.29 is 48.8 Å². The van der Waals surface area contributed by atoms with Gasteiger partial charge < -0.3 is 0 Å². The highest BCUT2D eigenvalue weighted by atomic mass is 35.5. The molecule has 0 aliphatic rings. The monoisotopic (exact) mass is 1740 g/mol. The van der Waals surface area contributed by atoms with Crippen LogP contribution in [0, 0.1) is 68.3 Å². The lowest BCUT2D eigenvalue weighted by molar-refractivity contribution is -0.384. The number of hydrogen-bond acceptors (Lipinski definition) is 18. The largest absolute Gasteiger partial charge is 0.269 e. The Morgan fingerprint density at radius 2 is 0.713 bits per heavy atom. The smallest absolute Gasteiger partial charge is 0.258 e. The SMILES string of the molecule is CC(C)SSc1ccc(F)c(F)c1.CC(C)SSc1ccccc1Cl.CCC(C)SSc1ccc(F)c(F)c1.CCCCSSc1ccc(F)c(F)c1.CCCSSc1ccc(F)c(F)c1.CCSSc1ccc(F)c(F)c1.CCSSc1ccccc1Cl.CSSc1ccc([N+](=O)[O-])cc1. The number of unbranched alkanes of at least 4 members (excludes halogenated alkanes) is 1. The van der Waals surface area contributed by atoms with Crippen molar-refractivity contribution in [2.75, 3.05) is 29.3 Å². The van der Waals surface area contributed by atoms with Crippen LogP contribution in [0.15, 0.2) is 203 Å². The van der Waals surface area contributed by atoms with Crippen LogP contribution < -0.4 is 0 Å². The maximum absolute atomic E-state index is 12.8. The Balaban J connectivity index is 0.000000578. The summed E-state index contributed by atoms with van der Waals surface area (Å²) in [5.74, 6) is -3.72. The van der Waals surface area contributed by atoms with Gasteiger partial charge in [0.25, 0.3) is 5.69 Å². The Bertz CT molecular complexity index is 3550. The number of benzene rings is 8. The quantitative estimate of drug-likeness (QED) is 0.0154. The Morgan fingerprint density at radius 1 is 0.376 bits per heavy atom. The molecule has 0 bridgehead atoms. The highest BCUT2D eigenvalue weighted by Crippen LogP contribution is 2.40. The minimum atomic E-state index is -0.793. The van der Waals surface area contributed by atoms with Gasteiger partial charge in [-0.05, 0) is 153 Å². The molecular formula is C70H79Cl2F10NO2S16. The summed E-state index contributed by atoms with van der Waals surface area (Å²) >= 11 is 11.9. The number of rotatable bonds is 28. The molecule has 0 radical (unpaired) electrons. The molecule has 1 unspecified atom stereocenters. The van der Waals surface area contributed by atoms with Crippen LogP contribution in [-0.4, -0.2) is 49.9 Å². The molecule has 0 saturated carbocycles. The van der Waals surface area contributed by atoms with E-state index in [1.54, 1.807) is 140 Å². The van der Waals surface area contributed by atoms with Gasteiger partial charge in [0, 0.05) is 90.1 Å². The molecule has 0 N–H and O–H groups in total. The predicted molar refractivity (Wildman–Crippen MR) is 447 cm³/mol. The number of non-ortho nitro benzene ring substituents is 1. The molecular weight excluding hydrogens is 1660 g/mol.